The van der Waals surface area contributed by atoms with Crippen LogP contribution in [0.1, 0.15) is 64.7 Å². The third-order valence-electron chi connectivity index (χ3n) is 5.22. The highest BCUT2D eigenvalue weighted by molar-refractivity contribution is 7.52. The molecule has 0 radical (unpaired) electrons. The average Bonchev–Trinajstić information content (AvgIpc) is 2.65. The van der Waals surface area contributed by atoms with Gasteiger partial charge in [0.1, 0.15) is 0 Å². The third kappa shape index (κ3) is 7.28. The van der Waals surface area contributed by atoms with Crippen LogP contribution >= 0.6 is 7.67 Å². The van der Waals surface area contributed by atoms with Crippen LogP contribution in [0.15, 0.2) is 0 Å². The molecule has 2 saturated heterocycles. The zero-order valence-corrected chi connectivity index (χ0v) is 16.8. The SMILES string of the molecule is CCCCCCCCCCC1CN(P(=O)(O)N2CCOCC2)CCO1. The predicted octanol–water partition coefficient (Wildman–Crippen LogP) is 3.65. The second-order valence-electron chi connectivity index (χ2n) is 7.25. The van der Waals surface area contributed by atoms with E-state index in [-0.39, 0.29) is 6.10 Å². The normalized spacial score (nSPS) is 25.8. The van der Waals surface area contributed by atoms with E-state index in [2.05, 4.69) is 6.92 Å². The molecule has 1 N–H and O–H groups in total. The second-order valence-corrected chi connectivity index (χ2v) is 9.41. The van der Waals surface area contributed by atoms with Crippen LogP contribution in [0, 0.1) is 0 Å². The fourth-order valence-electron chi connectivity index (χ4n) is 3.61. The van der Waals surface area contributed by atoms with Crippen molar-refractivity contribution >= 4 is 7.67 Å². The molecular weight excluding hydrogens is 339 g/mol. The molecule has 2 atom stereocenters. The first-order valence-corrected chi connectivity index (χ1v) is 11.7. The van der Waals surface area contributed by atoms with E-state index in [4.69, 9.17) is 9.47 Å². The molecule has 0 bridgehead atoms. The van der Waals surface area contributed by atoms with Gasteiger partial charge in [-0.2, -0.15) is 0 Å². The molecule has 0 aromatic carbocycles. The zero-order chi connectivity index (χ0) is 18.0. The van der Waals surface area contributed by atoms with Crippen molar-refractivity contribution in [3.63, 3.8) is 0 Å². The summed E-state index contributed by atoms with van der Waals surface area (Å²) in [7, 11) is -3.43. The molecule has 2 heterocycles. The van der Waals surface area contributed by atoms with Gasteiger partial charge in [0.2, 0.25) is 0 Å². The summed E-state index contributed by atoms with van der Waals surface area (Å²) in [5.41, 5.74) is 0. The first-order valence-electron chi connectivity index (χ1n) is 10.2. The highest BCUT2D eigenvalue weighted by atomic mass is 31.2. The van der Waals surface area contributed by atoms with Gasteiger partial charge in [0.15, 0.2) is 0 Å². The summed E-state index contributed by atoms with van der Waals surface area (Å²) in [6.45, 7) is 6.06. The molecule has 0 aromatic rings. The van der Waals surface area contributed by atoms with Crippen molar-refractivity contribution in [2.75, 3.05) is 46.0 Å². The first-order chi connectivity index (χ1) is 12.1. The van der Waals surface area contributed by atoms with Crippen molar-refractivity contribution in [1.82, 2.24) is 9.34 Å². The van der Waals surface area contributed by atoms with E-state index in [1.54, 1.807) is 9.34 Å². The van der Waals surface area contributed by atoms with Gasteiger partial charge in [-0.15, -0.1) is 0 Å². The summed E-state index contributed by atoms with van der Waals surface area (Å²) >= 11 is 0. The lowest BCUT2D eigenvalue weighted by Crippen LogP contribution is -2.45. The molecule has 2 rings (SSSR count). The van der Waals surface area contributed by atoms with Crippen LogP contribution in [0.4, 0.5) is 0 Å². The van der Waals surface area contributed by atoms with E-state index in [1.165, 1.54) is 44.9 Å². The van der Waals surface area contributed by atoms with Crippen LogP contribution in [-0.4, -0.2) is 66.3 Å². The summed E-state index contributed by atoms with van der Waals surface area (Å²) in [6.07, 6.45) is 11.5. The molecule has 0 amide bonds. The maximum absolute atomic E-state index is 12.9. The summed E-state index contributed by atoms with van der Waals surface area (Å²) in [5, 5.41) is 0. The fourth-order valence-corrected chi connectivity index (χ4v) is 5.39. The first kappa shape index (κ1) is 21.3. The van der Waals surface area contributed by atoms with Crippen molar-refractivity contribution in [1.29, 1.82) is 0 Å². The minimum Gasteiger partial charge on any atom is -0.379 e. The van der Waals surface area contributed by atoms with Crippen LogP contribution in [0.3, 0.4) is 0 Å². The molecule has 7 heteroatoms. The highest BCUT2D eigenvalue weighted by Gasteiger charge is 2.39. The molecular formula is C18H37N2O4P. The van der Waals surface area contributed by atoms with Crippen molar-refractivity contribution in [3.8, 4) is 0 Å². The van der Waals surface area contributed by atoms with Crippen molar-refractivity contribution in [2.24, 2.45) is 0 Å². The molecule has 0 saturated carbocycles. The Balaban J connectivity index is 1.64. The van der Waals surface area contributed by atoms with E-state index in [1.807, 2.05) is 0 Å². The topological polar surface area (TPSA) is 62.2 Å². The number of rotatable bonds is 11. The highest BCUT2D eigenvalue weighted by Crippen LogP contribution is 2.50. The number of ether oxygens (including phenoxy) is 2. The lowest BCUT2D eigenvalue weighted by Gasteiger charge is -2.40. The number of hydrogen-bond acceptors (Lipinski definition) is 3. The van der Waals surface area contributed by atoms with Crippen LogP contribution in [0.2, 0.25) is 0 Å². The lowest BCUT2D eigenvalue weighted by atomic mass is 10.1. The van der Waals surface area contributed by atoms with Crippen molar-refractivity contribution in [3.05, 3.63) is 0 Å². The standard InChI is InChI=1S/C18H37N2O4P/c1-2-3-4-5-6-7-8-9-10-18-17-20(13-16-24-18)25(21,22)19-11-14-23-15-12-19/h18H,2-17H2,1H3,(H,21,22). The van der Waals surface area contributed by atoms with Crippen LogP contribution < -0.4 is 0 Å². The minimum atomic E-state index is -3.43. The van der Waals surface area contributed by atoms with E-state index in [9.17, 15) is 9.46 Å². The zero-order valence-electron chi connectivity index (χ0n) is 15.9. The molecule has 0 spiro atoms. The largest absolute Gasteiger partial charge is 0.379 e. The van der Waals surface area contributed by atoms with Crippen LogP contribution in [0.25, 0.3) is 0 Å². The molecule has 6 nitrogen and oxygen atoms in total. The van der Waals surface area contributed by atoms with E-state index >= 15 is 0 Å². The van der Waals surface area contributed by atoms with Gasteiger partial charge in [0.25, 0.3) is 0 Å². The smallest absolute Gasteiger partial charge is 0.343 e. The van der Waals surface area contributed by atoms with Crippen molar-refractivity contribution < 1.29 is 18.9 Å². The molecule has 25 heavy (non-hydrogen) atoms. The van der Waals surface area contributed by atoms with Gasteiger partial charge in [0.05, 0.1) is 25.9 Å². The minimum absolute atomic E-state index is 0.0929. The molecule has 2 aliphatic heterocycles. The molecule has 0 aromatic heterocycles. The van der Waals surface area contributed by atoms with E-state index < -0.39 is 7.67 Å². The number of unbranched alkanes of at least 4 members (excludes halogenated alkanes) is 7. The molecule has 2 unspecified atom stereocenters. The van der Waals surface area contributed by atoms with Gasteiger partial charge < -0.3 is 14.4 Å². The Morgan fingerprint density at radius 1 is 0.920 bits per heavy atom. The van der Waals surface area contributed by atoms with E-state index in [0.717, 1.165) is 12.8 Å². The predicted molar refractivity (Wildman–Crippen MR) is 101 cm³/mol. The second kappa shape index (κ2) is 11.7. The summed E-state index contributed by atoms with van der Waals surface area (Å²) in [6, 6.07) is 0. The summed E-state index contributed by atoms with van der Waals surface area (Å²) in [4.78, 5) is 10.6. The monoisotopic (exact) mass is 376 g/mol. The maximum Gasteiger partial charge on any atom is 0.343 e. The summed E-state index contributed by atoms with van der Waals surface area (Å²) < 4.78 is 27.4. The molecule has 148 valence electrons. The third-order valence-corrected chi connectivity index (χ3v) is 7.46. The molecule has 2 aliphatic rings. The Labute approximate surface area is 153 Å². The Kier molecular flexibility index (Phi) is 9.97. The van der Waals surface area contributed by atoms with Gasteiger partial charge in [0, 0.05) is 26.2 Å². The lowest BCUT2D eigenvalue weighted by molar-refractivity contribution is -0.0158. The average molecular weight is 376 g/mol. The van der Waals surface area contributed by atoms with Gasteiger partial charge in [-0.05, 0) is 6.42 Å². The summed E-state index contributed by atoms with van der Waals surface area (Å²) in [5.74, 6) is 0. The van der Waals surface area contributed by atoms with E-state index in [0.29, 0.717) is 46.0 Å². The fraction of sp³-hybridized carbons (Fsp3) is 1.00. The quantitative estimate of drug-likeness (QED) is 0.439. The number of morpholine rings is 2. The van der Waals surface area contributed by atoms with Crippen molar-refractivity contribution in [2.45, 2.75) is 70.8 Å². The maximum atomic E-state index is 12.9. The van der Waals surface area contributed by atoms with Gasteiger partial charge in [-0.1, -0.05) is 58.3 Å². The van der Waals surface area contributed by atoms with Crippen LogP contribution in [0.5, 0.6) is 0 Å². The Morgan fingerprint density at radius 3 is 2.20 bits per heavy atom. The number of nitrogens with zero attached hydrogens (tertiary/aromatic N) is 2. The molecule has 2 fully saturated rings. The Bertz CT molecular complexity index is 405. The van der Waals surface area contributed by atoms with Gasteiger partial charge in [-0.25, -0.2) is 9.34 Å². The van der Waals surface area contributed by atoms with Gasteiger partial charge >= 0.3 is 7.67 Å². The molecule has 0 aliphatic carbocycles. The Morgan fingerprint density at radius 2 is 1.52 bits per heavy atom. The van der Waals surface area contributed by atoms with Gasteiger partial charge in [-0.3, -0.25) is 4.57 Å². The van der Waals surface area contributed by atoms with Crippen LogP contribution in [-0.2, 0) is 14.0 Å². The number of hydrogen-bond donors (Lipinski definition) is 1. The Hall–Kier alpha value is 0.0300.